The van der Waals surface area contributed by atoms with E-state index in [1.54, 1.807) is 0 Å². The van der Waals surface area contributed by atoms with Crippen LogP contribution in [0.15, 0.2) is 18.2 Å². The van der Waals surface area contributed by atoms with Crippen LogP contribution >= 0.6 is 0 Å². The normalized spacial score (nSPS) is 10.8. The van der Waals surface area contributed by atoms with Crippen LogP contribution in [0.2, 0.25) is 0 Å². The summed E-state index contributed by atoms with van der Waals surface area (Å²) in [5.74, 6) is -5.23. The molecule has 0 spiro atoms. The van der Waals surface area contributed by atoms with Gasteiger partial charge < -0.3 is 0 Å². The minimum absolute atomic E-state index is 0.196. The van der Waals surface area contributed by atoms with Crippen LogP contribution in [-0.2, 0) is 0 Å². The quantitative estimate of drug-likeness (QED) is 0.451. The highest BCUT2D eigenvalue weighted by atomic mass is 19.2. The second kappa shape index (κ2) is 5.27. The topological polar surface area (TPSA) is 0 Å². The smallest absolute Gasteiger partial charge is 0.204 e. The van der Waals surface area contributed by atoms with Crippen LogP contribution in [-0.4, -0.2) is 7.28 Å². The number of hydrogen-bond acceptors (Lipinski definition) is 0. The lowest BCUT2D eigenvalue weighted by atomic mass is 9.61. The molecule has 0 amide bonds. The maximum Gasteiger partial charge on any atom is 0.204 e. The van der Waals surface area contributed by atoms with Crippen LogP contribution in [0.3, 0.4) is 0 Å². The molecule has 0 nitrogen and oxygen atoms in total. The molecule has 0 bridgehead atoms. The van der Waals surface area contributed by atoms with E-state index in [0.717, 1.165) is 6.07 Å². The van der Waals surface area contributed by atoms with E-state index in [1.165, 1.54) is 19.9 Å². The summed E-state index contributed by atoms with van der Waals surface area (Å²) in [6.45, 7) is 2.61. The number of hydrogen-bond donors (Lipinski definition) is 0. The van der Waals surface area contributed by atoms with Gasteiger partial charge in [-0.25, -0.2) is 22.0 Å². The predicted octanol–water partition coefficient (Wildman–Crippen LogP) is 2.39. The standard InChI is InChI=1S/C14H10BF5/c1-6-3-4-8(16)12(13(6)19)15-11-7(2)14(20)10(18)5-9(11)17/h3-5,15H,1-2H3. The number of benzene rings is 2. The second-order valence-corrected chi connectivity index (χ2v) is 4.59. The first kappa shape index (κ1) is 14.6. The van der Waals surface area contributed by atoms with E-state index in [1.807, 2.05) is 0 Å². The summed E-state index contributed by atoms with van der Waals surface area (Å²) in [4.78, 5) is 0. The number of rotatable bonds is 2. The van der Waals surface area contributed by atoms with E-state index in [-0.39, 0.29) is 22.1 Å². The van der Waals surface area contributed by atoms with Crippen molar-refractivity contribution in [2.24, 2.45) is 0 Å². The van der Waals surface area contributed by atoms with E-state index in [4.69, 9.17) is 0 Å². The van der Waals surface area contributed by atoms with E-state index in [2.05, 4.69) is 0 Å². The summed E-state index contributed by atoms with van der Waals surface area (Å²) in [7, 11) is -0.478. The highest BCUT2D eigenvalue weighted by Gasteiger charge is 2.20. The van der Waals surface area contributed by atoms with Gasteiger partial charge in [0.05, 0.1) is 0 Å². The first-order valence-corrected chi connectivity index (χ1v) is 5.89. The molecule has 0 saturated heterocycles. The van der Waals surface area contributed by atoms with Crippen LogP contribution in [0.5, 0.6) is 0 Å². The summed E-state index contributed by atoms with van der Waals surface area (Å²) in [6.07, 6.45) is 0. The Bertz CT molecular complexity index is 682. The Hall–Kier alpha value is -1.85. The Morgan fingerprint density at radius 3 is 2.05 bits per heavy atom. The van der Waals surface area contributed by atoms with Crippen LogP contribution in [0, 0.1) is 42.9 Å². The van der Waals surface area contributed by atoms with Gasteiger partial charge in [0.2, 0.25) is 7.28 Å². The average molecular weight is 284 g/mol. The third-order valence-corrected chi connectivity index (χ3v) is 3.27. The lowest BCUT2D eigenvalue weighted by Crippen LogP contribution is -2.37. The molecule has 2 aromatic rings. The molecule has 20 heavy (non-hydrogen) atoms. The van der Waals surface area contributed by atoms with E-state index < -0.39 is 36.4 Å². The van der Waals surface area contributed by atoms with Gasteiger partial charge >= 0.3 is 0 Å². The fraction of sp³-hybridized carbons (Fsp3) is 0.143. The van der Waals surface area contributed by atoms with Crippen LogP contribution in [0.25, 0.3) is 0 Å². The molecule has 0 N–H and O–H groups in total. The minimum atomic E-state index is -1.33. The highest BCUT2D eigenvalue weighted by Crippen LogP contribution is 2.12. The molecule has 0 aliphatic rings. The van der Waals surface area contributed by atoms with Gasteiger partial charge in [-0.2, -0.15) is 0 Å². The van der Waals surface area contributed by atoms with Gasteiger partial charge in [0.1, 0.15) is 17.5 Å². The van der Waals surface area contributed by atoms with Crippen molar-refractivity contribution in [1.29, 1.82) is 0 Å². The zero-order valence-electron chi connectivity index (χ0n) is 10.8. The first-order valence-electron chi connectivity index (χ1n) is 5.89. The first-order chi connectivity index (χ1) is 9.32. The van der Waals surface area contributed by atoms with Gasteiger partial charge in [-0.05, 0) is 42.0 Å². The van der Waals surface area contributed by atoms with Crippen LogP contribution in [0.4, 0.5) is 22.0 Å². The molecule has 0 radical (unpaired) electrons. The molecule has 0 unspecified atom stereocenters. The summed E-state index contributed by atoms with van der Waals surface area (Å²) in [6, 6.07) is 2.69. The highest BCUT2D eigenvalue weighted by molar-refractivity contribution is 6.68. The molecule has 0 aliphatic heterocycles. The van der Waals surface area contributed by atoms with Gasteiger partial charge in [-0.1, -0.05) is 6.07 Å². The lowest BCUT2D eigenvalue weighted by molar-refractivity contribution is 0.492. The maximum absolute atomic E-state index is 13.9. The second-order valence-electron chi connectivity index (χ2n) is 4.59. The zero-order valence-corrected chi connectivity index (χ0v) is 10.8. The Kier molecular flexibility index (Phi) is 3.83. The Labute approximate surface area is 113 Å². The largest absolute Gasteiger partial charge is 0.207 e. The molecule has 0 heterocycles. The molecule has 2 aromatic carbocycles. The summed E-state index contributed by atoms with van der Waals surface area (Å²) < 4.78 is 67.6. The molecule has 0 atom stereocenters. The van der Waals surface area contributed by atoms with Crippen molar-refractivity contribution in [3.63, 3.8) is 0 Å². The van der Waals surface area contributed by atoms with Gasteiger partial charge in [0.25, 0.3) is 0 Å². The average Bonchev–Trinajstić information content (AvgIpc) is 2.40. The Morgan fingerprint density at radius 1 is 0.750 bits per heavy atom. The van der Waals surface area contributed by atoms with Crippen LogP contribution < -0.4 is 10.9 Å². The molecular formula is C14H10BF5. The fourth-order valence-corrected chi connectivity index (χ4v) is 2.02. The minimum Gasteiger partial charge on any atom is -0.207 e. The fourth-order valence-electron chi connectivity index (χ4n) is 2.02. The summed E-state index contributed by atoms with van der Waals surface area (Å²) >= 11 is 0. The van der Waals surface area contributed by atoms with Gasteiger partial charge in [0.15, 0.2) is 11.6 Å². The Morgan fingerprint density at radius 2 is 1.40 bits per heavy atom. The molecule has 6 heteroatoms. The van der Waals surface area contributed by atoms with Crippen LogP contribution in [0.1, 0.15) is 11.1 Å². The molecule has 2 rings (SSSR count). The predicted molar refractivity (Wildman–Crippen MR) is 68.6 cm³/mol. The third-order valence-electron chi connectivity index (χ3n) is 3.27. The maximum atomic E-state index is 13.9. The van der Waals surface area contributed by atoms with E-state index in [0.29, 0.717) is 6.07 Å². The van der Waals surface area contributed by atoms with Crippen molar-refractivity contribution in [3.8, 4) is 0 Å². The lowest BCUT2D eigenvalue weighted by Gasteiger charge is -2.11. The van der Waals surface area contributed by atoms with Crippen molar-refractivity contribution < 1.29 is 22.0 Å². The molecule has 0 aromatic heterocycles. The molecule has 0 aliphatic carbocycles. The number of halogens is 5. The summed E-state index contributed by atoms with van der Waals surface area (Å²) in [5, 5.41) is 0. The molecule has 0 fully saturated rings. The van der Waals surface area contributed by atoms with Gasteiger partial charge in [-0.15, -0.1) is 0 Å². The van der Waals surface area contributed by atoms with Crippen molar-refractivity contribution in [3.05, 3.63) is 58.4 Å². The van der Waals surface area contributed by atoms with Crippen molar-refractivity contribution in [2.45, 2.75) is 13.8 Å². The Balaban J connectivity index is 2.57. The molecule has 104 valence electrons. The van der Waals surface area contributed by atoms with Gasteiger partial charge in [-0.3, -0.25) is 0 Å². The SMILES string of the molecule is Cc1ccc(F)c(Bc2c(F)cc(F)c(F)c2C)c1F. The molecule has 0 saturated carbocycles. The zero-order chi connectivity index (χ0) is 15.0. The van der Waals surface area contributed by atoms with Crippen molar-refractivity contribution in [2.75, 3.05) is 0 Å². The van der Waals surface area contributed by atoms with Crippen molar-refractivity contribution in [1.82, 2.24) is 0 Å². The van der Waals surface area contributed by atoms with Gasteiger partial charge in [0, 0.05) is 6.07 Å². The third kappa shape index (κ3) is 2.42. The summed E-state index contributed by atoms with van der Waals surface area (Å²) in [5.41, 5.74) is -0.713. The van der Waals surface area contributed by atoms with Crippen molar-refractivity contribution >= 4 is 18.2 Å². The van der Waals surface area contributed by atoms with E-state index in [9.17, 15) is 22.0 Å². The monoisotopic (exact) mass is 284 g/mol. The molecular weight excluding hydrogens is 274 g/mol. The number of aryl methyl sites for hydroxylation is 1. The van der Waals surface area contributed by atoms with E-state index >= 15 is 0 Å².